The van der Waals surface area contributed by atoms with E-state index in [1.165, 1.54) is 5.56 Å². The van der Waals surface area contributed by atoms with E-state index in [4.69, 9.17) is 5.11 Å². The van der Waals surface area contributed by atoms with Crippen molar-refractivity contribution in [2.24, 2.45) is 5.92 Å². The molecule has 2 rings (SSSR count). The Bertz CT molecular complexity index is 568. The quantitative estimate of drug-likeness (QED) is 0.826. The van der Waals surface area contributed by atoms with Crippen molar-refractivity contribution in [1.82, 2.24) is 5.32 Å². The standard InChI is InChI=1S/C16H20N2O4/c1-2-3-11-4-6-13(7-5-11)18-10-12(8-14(18)19)16(22)17-9-15(20)21/h4-7,12H,2-3,8-10H2,1H3,(H,17,22)(H,20,21). The van der Waals surface area contributed by atoms with Crippen molar-refractivity contribution in [2.45, 2.75) is 26.2 Å². The minimum atomic E-state index is -1.10. The van der Waals surface area contributed by atoms with Gasteiger partial charge >= 0.3 is 5.97 Å². The van der Waals surface area contributed by atoms with Gasteiger partial charge in [-0.3, -0.25) is 14.4 Å². The number of carboxylic acid groups (broad SMARTS) is 1. The Kier molecular flexibility index (Phi) is 5.14. The molecule has 0 aliphatic carbocycles. The Morgan fingerprint density at radius 2 is 2.00 bits per heavy atom. The van der Waals surface area contributed by atoms with Crippen LogP contribution in [0.25, 0.3) is 0 Å². The fourth-order valence-electron chi connectivity index (χ4n) is 2.57. The highest BCUT2D eigenvalue weighted by atomic mass is 16.4. The molecule has 1 saturated heterocycles. The van der Waals surface area contributed by atoms with Gasteiger partial charge in [0.05, 0.1) is 5.92 Å². The van der Waals surface area contributed by atoms with Crippen molar-refractivity contribution in [3.63, 3.8) is 0 Å². The molecule has 0 aromatic heterocycles. The van der Waals surface area contributed by atoms with Crippen molar-refractivity contribution >= 4 is 23.5 Å². The SMILES string of the molecule is CCCc1ccc(N2CC(C(=O)NCC(=O)O)CC2=O)cc1. The van der Waals surface area contributed by atoms with E-state index in [2.05, 4.69) is 12.2 Å². The molecular weight excluding hydrogens is 284 g/mol. The van der Waals surface area contributed by atoms with E-state index < -0.39 is 18.4 Å². The van der Waals surface area contributed by atoms with Crippen LogP contribution in [0.3, 0.4) is 0 Å². The number of nitrogens with one attached hydrogen (secondary N) is 1. The molecule has 1 atom stereocenters. The zero-order valence-corrected chi connectivity index (χ0v) is 12.5. The Hall–Kier alpha value is -2.37. The van der Waals surface area contributed by atoms with Gasteiger partial charge < -0.3 is 15.3 Å². The molecule has 0 saturated carbocycles. The number of aryl methyl sites for hydroxylation is 1. The molecule has 22 heavy (non-hydrogen) atoms. The largest absolute Gasteiger partial charge is 0.480 e. The maximum absolute atomic E-state index is 12.1. The Morgan fingerprint density at radius 3 is 2.59 bits per heavy atom. The van der Waals surface area contributed by atoms with Crippen LogP contribution >= 0.6 is 0 Å². The maximum atomic E-state index is 12.1. The number of carbonyl (C=O) groups excluding carboxylic acids is 2. The smallest absolute Gasteiger partial charge is 0.322 e. The van der Waals surface area contributed by atoms with Crippen LogP contribution in [0, 0.1) is 5.92 Å². The zero-order valence-electron chi connectivity index (χ0n) is 12.5. The summed E-state index contributed by atoms with van der Waals surface area (Å²) in [5.74, 6) is -2.09. The van der Waals surface area contributed by atoms with Gasteiger partial charge in [-0.05, 0) is 24.1 Å². The fourth-order valence-corrected chi connectivity index (χ4v) is 2.57. The summed E-state index contributed by atoms with van der Waals surface area (Å²) in [7, 11) is 0. The first-order valence-corrected chi connectivity index (χ1v) is 7.40. The number of hydrogen-bond donors (Lipinski definition) is 2. The number of amides is 2. The normalized spacial score (nSPS) is 17.6. The molecule has 1 heterocycles. The summed E-state index contributed by atoms with van der Waals surface area (Å²) in [6, 6.07) is 7.76. The van der Waals surface area contributed by atoms with E-state index in [1.54, 1.807) is 4.90 Å². The number of carboxylic acids is 1. The summed E-state index contributed by atoms with van der Waals surface area (Å²) in [5, 5.41) is 10.9. The molecule has 0 bridgehead atoms. The molecule has 2 N–H and O–H groups in total. The fraction of sp³-hybridized carbons (Fsp3) is 0.438. The predicted molar refractivity (Wildman–Crippen MR) is 81.5 cm³/mol. The van der Waals surface area contributed by atoms with Crippen molar-refractivity contribution in [3.05, 3.63) is 29.8 Å². The summed E-state index contributed by atoms with van der Waals surface area (Å²) >= 11 is 0. The Balaban J connectivity index is 1.99. The van der Waals surface area contributed by atoms with Crippen LogP contribution in [-0.2, 0) is 20.8 Å². The average molecular weight is 304 g/mol. The van der Waals surface area contributed by atoms with Gasteiger partial charge in [0, 0.05) is 18.7 Å². The minimum absolute atomic E-state index is 0.112. The number of aliphatic carboxylic acids is 1. The monoisotopic (exact) mass is 304 g/mol. The van der Waals surface area contributed by atoms with Gasteiger partial charge in [0.1, 0.15) is 6.54 Å². The molecule has 1 aliphatic heterocycles. The molecule has 0 radical (unpaired) electrons. The first kappa shape index (κ1) is 16.0. The third-order valence-electron chi connectivity index (χ3n) is 3.70. The zero-order chi connectivity index (χ0) is 16.1. The third-order valence-corrected chi connectivity index (χ3v) is 3.70. The molecule has 6 heteroatoms. The van der Waals surface area contributed by atoms with Crippen molar-refractivity contribution in [1.29, 1.82) is 0 Å². The van der Waals surface area contributed by atoms with E-state index in [-0.39, 0.29) is 24.8 Å². The molecule has 1 aromatic carbocycles. The van der Waals surface area contributed by atoms with E-state index in [0.29, 0.717) is 0 Å². The Morgan fingerprint density at radius 1 is 1.32 bits per heavy atom. The van der Waals surface area contributed by atoms with E-state index in [1.807, 2.05) is 24.3 Å². The minimum Gasteiger partial charge on any atom is -0.480 e. The maximum Gasteiger partial charge on any atom is 0.322 e. The summed E-state index contributed by atoms with van der Waals surface area (Å²) in [6.07, 6.45) is 2.17. The van der Waals surface area contributed by atoms with Gasteiger partial charge in [-0.25, -0.2) is 0 Å². The molecule has 0 spiro atoms. The molecule has 1 aliphatic rings. The topological polar surface area (TPSA) is 86.7 Å². The predicted octanol–water partition coefficient (Wildman–Crippen LogP) is 1.19. The van der Waals surface area contributed by atoms with Gasteiger partial charge in [-0.15, -0.1) is 0 Å². The van der Waals surface area contributed by atoms with Crippen molar-refractivity contribution in [2.75, 3.05) is 18.0 Å². The van der Waals surface area contributed by atoms with Crippen molar-refractivity contribution < 1.29 is 19.5 Å². The molecule has 1 fully saturated rings. The summed E-state index contributed by atoms with van der Waals surface area (Å²) < 4.78 is 0. The lowest BCUT2D eigenvalue weighted by atomic mass is 10.1. The van der Waals surface area contributed by atoms with Crippen LogP contribution in [0.15, 0.2) is 24.3 Å². The lowest BCUT2D eigenvalue weighted by Crippen LogP contribution is -2.36. The number of rotatable bonds is 6. The van der Waals surface area contributed by atoms with Crippen LogP contribution in [-0.4, -0.2) is 36.0 Å². The molecule has 2 amide bonds. The Labute approximate surface area is 129 Å². The van der Waals surface area contributed by atoms with Gasteiger partial charge in [-0.2, -0.15) is 0 Å². The molecule has 1 unspecified atom stereocenters. The number of nitrogens with zero attached hydrogens (tertiary/aromatic N) is 1. The average Bonchev–Trinajstić information content (AvgIpc) is 2.88. The molecular formula is C16H20N2O4. The number of anilines is 1. The second kappa shape index (κ2) is 7.06. The van der Waals surface area contributed by atoms with Gasteiger partial charge in [-0.1, -0.05) is 25.5 Å². The number of carbonyl (C=O) groups is 3. The van der Waals surface area contributed by atoms with Crippen LogP contribution in [0.4, 0.5) is 5.69 Å². The van der Waals surface area contributed by atoms with Crippen molar-refractivity contribution in [3.8, 4) is 0 Å². The third kappa shape index (κ3) is 3.84. The van der Waals surface area contributed by atoms with Crippen LogP contribution < -0.4 is 10.2 Å². The van der Waals surface area contributed by atoms with Crippen LogP contribution in [0.5, 0.6) is 0 Å². The highest BCUT2D eigenvalue weighted by Gasteiger charge is 2.35. The van der Waals surface area contributed by atoms with E-state index in [9.17, 15) is 14.4 Å². The molecule has 1 aromatic rings. The summed E-state index contributed by atoms with van der Waals surface area (Å²) in [5.41, 5.74) is 1.99. The van der Waals surface area contributed by atoms with E-state index >= 15 is 0 Å². The highest BCUT2D eigenvalue weighted by molar-refractivity contribution is 6.00. The number of hydrogen-bond acceptors (Lipinski definition) is 3. The van der Waals surface area contributed by atoms with Gasteiger partial charge in [0.15, 0.2) is 0 Å². The second-order valence-corrected chi connectivity index (χ2v) is 5.43. The van der Waals surface area contributed by atoms with E-state index in [0.717, 1.165) is 18.5 Å². The summed E-state index contributed by atoms with van der Waals surface area (Å²) in [4.78, 5) is 36.0. The van der Waals surface area contributed by atoms with Crippen LogP contribution in [0.1, 0.15) is 25.3 Å². The molecule has 6 nitrogen and oxygen atoms in total. The highest BCUT2D eigenvalue weighted by Crippen LogP contribution is 2.25. The first-order valence-electron chi connectivity index (χ1n) is 7.40. The second-order valence-electron chi connectivity index (χ2n) is 5.43. The van der Waals surface area contributed by atoms with Crippen LogP contribution in [0.2, 0.25) is 0 Å². The van der Waals surface area contributed by atoms with Gasteiger partial charge in [0.2, 0.25) is 11.8 Å². The first-order chi connectivity index (χ1) is 10.5. The lowest BCUT2D eigenvalue weighted by molar-refractivity contribution is -0.138. The van der Waals surface area contributed by atoms with Gasteiger partial charge in [0.25, 0.3) is 0 Å². The molecule has 118 valence electrons. The lowest BCUT2D eigenvalue weighted by Gasteiger charge is -2.17. The summed E-state index contributed by atoms with van der Waals surface area (Å²) in [6.45, 7) is 1.98. The number of benzene rings is 1.